The number of rotatable bonds is 3. The summed E-state index contributed by atoms with van der Waals surface area (Å²) in [4.78, 5) is 38.1. The van der Waals surface area contributed by atoms with E-state index >= 15 is 0 Å². The summed E-state index contributed by atoms with van der Waals surface area (Å²) in [5.74, 6) is -0.383. The van der Waals surface area contributed by atoms with Gasteiger partial charge in [-0.3, -0.25) is 19.0 Å². The number of ketones is 1. The van der Waals surface area contributed by atoms with Crippen LogP contribution in [0.15, 0.2) is 71.5 Å². The Balaban J connectivity index is 1.86. The third kappa shape index (κ3) is 3.19. The lowest BCUT2D eigenvalue weighted by Crippen LogP contribution is -2.31. The minimum Gasteiger partial charge on any atom is -0.317 e. The first-order valence-corrected chi connectivity index (χ1v) is 8.89. The molecule has 1 aromatic heterocycles. The fraction of sp³-hybridized carbons (Fsp3) is 0.136. The molecule has 0 fully saturated rings. The lowest BCUT2D eigenvalue weighted by atomic mass is 9.93. The molecule has 134 valence electrons. The quantitative estimate of drug-likeness (QED) is 0.778. The maximum absolute atomic E-state index is 13.2. The van der Waals surface area contributed by atoms with Crippen LogP contribution in [0.4, 0.5) is 5.69 Å². The molecule has 1 aliphatic rings. The molecule has 2 aromatic carbocycles. The van der Waals surface area contributed by atoms with Crippen LogP contribution < -0.4 is 10.9 Å². The van der Waals surface area contributed by atoms with E-state index in [1.54, 1.807) is 28.8 Å². The minimum atomic E-state index is -0.379. The molecule has 0 aliphatic heterocycles. The van der Waals surface area contributed by atoms with E-state index in [0.29, 0.717) is 41.8 Å². The number of para-hydroxylation sites is 1. The van der Waals surface area contributed by atoms with Gasteiger partial charge in [0.1, 0.15) is 5.69 Å². The predicted molar refractivity (Wildman–Crippen MR) is 104 cm³/mol. The number of carbonyl (C=O) groups excluding carboxylic acids is 2. The summed E-state index contributed by atoms with van der Waals surface area (Å²) < 4.78 is 1.55. The van der Waals surface area contributed by atoms with Crippen molar-refractivity contribution in [3.05, 3.63) is 93.9 Å². The molecule has 3 aromatic rings. The van der Waals surface area contributed by atoms with Gasteiger partial charge in [0.2, 0.25) is 0 Å². The number of hydrogen-bond donors (Lipinski definition) is 1. The lowest BCUT2D eigenvalue weighted by Gasteiger charge is -2.22. The number of Topliss-reactive ketones (excluding diaryl/α,β-unsaturated/α-hetero) is 1. The van der Waals surface area contributed by atoms with Gasteiger partial charge in [-0.15, -0.1) is 0 Å². The van der Waals surface area contributed by atoms with Crippen molar-refractivity contribution in [2.45, 2.75) is 19.3 Å². The van der Waals surface area contributed by atoms with Crippen molar-refractivity contribution in [2.75, 3.05) is 5.32 Å². The van der Waals surface area contributed by atoms with Gasteiger partial charge in [-0.25, -0.2) is 0 Å². The van der Waals surface area contributed by atoms with Crippen molar-refractivity contribution in [3.63, 3.8) is 0 Å². The van der Waals surface area contributed by atoms with E-state index in [0.717, 1.165) is 0 Å². The Bertz CT molecular complexity index is 1070. The molecule has 1 aliphatic carbocycles. The number of nitrogens with zero attached hydrogens (tertiary/aromatic N) is 1. The first kappa shape index (κ1) is 17.0. The van der Waals surface area contributed by atoms with Crippen molar-refractivity contribution >= 4 is 17.4 Å². The van der Waals surface area contributed by atoms with E-state index in [-0.39, 0.29) is 22.9 Å². The number of benzene rings is 2. The lowest BCUT2D eigenvalue weighted by molar-refractivity contribution is 0.0968. The number of hydrogen-bond acceptors (Lipinski definition) is 3. The monoisotopic (exact) mass is 358 g/mol. The largest absolute Gasteiger partial charge is 0.317 e. The second-order valence-corrected chi connectivity index (χ2v) is 6.49. The average Bonchev–Trinajstić information content (AvgIpc) is 2.70. The number of fused-ring (bicyclic) bond motifs is 1. The number of pyridine rings is 1. The molecule has 0 bridgehead atoms. The topological polar surface area (TPSA) is 68.2 Å². The second kappa shape index (κ2) is 7.03. The summed E-state index contributed by atoms with van der Waals surface area (Å²) in [6.45, 7) is 0. The van der Waals surface area contributed by atoms with Crippen LogP contribution in [0.3, 0.4) is 0 Å². The number of amides is 1. The molecule has 1 heterocycles. The Morgan fingerprint density at radius 3 is 2.26 bits per heavy atom. The van der Waals surface area contributed by atoms with Gasteiger partial charge in [0.05, 0.1) is 0 Å². The minimum absolute atomic E-state index is 0.00357. The van der Waals surface area contributed by atoms with E-state index in [2.05, 4.69) is 5.32 Å². The summed E-state index contributed by atoms with van der Waals surface area (Å²) in [6.07, 6.45) is 1.82. The maximum Gasteiger partial charge on any atom is 0.279 e. The summed E-state index contributed by atoms with van der Waals surface area (Å²) in [6, 6.07) is 19.4. The summed E-state index contributed by atoms with van der Waals surface area (Å²) in [7, 11) is 0. The van der Waals surface area contributed by atoms with Crippen molar-refractivity contribution in [3.8, 4) is 5.69 Å². The van der Waals surface area contributed by atoms with Crippen molar-refractivity contribution in [1.29, 1.82) is 0 Å². The molecule has 0 saturated heterocycles. The zero-order valence-corrected chi connectivity index (χ0v) is 14.6. The molecule has 1 N–H and O–H groups in total. The summed E-state index contributed by atoms with van der Waals surface area (Å²) >= 11 is 0. The Kier molecular flexibility index (Phi) is 4.42. The van der Waals surface area contributed by atoms with Gasteiger partial charge >= 0.3 is 0 Å². The Hall–Kier alpha value is -3.47. The SMILES string of the molecule is O=C(Nc1cc2c(n(-c3ccccc3)c1=O)CCCC2=O)c1ccccc1. The van der Waals surface area contributed by atoms with Crippen LogP contribution in [0.2, 0.25) is 0 Å². The van der Waals surface area contributed by atoms with Crippen molar-refractivity contribution in [2.24, 2.45) is 0 Å². The fourth-order valence-corrected chi connectivity index (χ4v) is 3.42. The zero-order valence-electron chi connectivity index (χ0n) is 14.6. The average molecular weight is 358 g/mol. The van der Waals surface area contributed by atoms with Gasteiger partial charge in [0.15, 0.2) is 5.78 Å². The van der Waals surface area contributed by atoms with Gasteiger partial charge < -0.3 is 5.32 Å². The van der Waals surface area contributed by atoms with Crippen LogP contribution in [0.1, 0.15) is 39.3 Å². The first-order chi connectivity index (χ1) is 13.1. The van der Waals surface area contributed by atoms with Crippen LogP contribution in [0, 0.1) is 0 Å². The normalized spacial score (nSPS) is 13.1. The van der Waals surface area contributed by atoms with E-state index in [4.69, 9.17) is 0 Å². The van der Waals surface area contributed by atoms with Crippen molar-refractivity contribution < 1.29 is 9.59 Å². The second-order valence-electron chi connectivity index (χ2n) is 6.49. The van der Waals surface area contributed by atoms with E-state index < -0.39 is 0 Å². The van der Waals surface area contributed by atoms with Gasteiger partial charge in [0, 0.05) is 28.9 Å². The molecule has 0 saturated carbocycles. The van der Waals surface area contributed by atoms with Crippen LogP contribution in [-0.2, 0) is 6.42 Å². The highest BCUT2D eigenvalue weighted by Gasteiger charge is 2.24. The molecular weight excluding hydrogens is 340 g/mol. The Morgan fingerprint density at radius 2 is 1.56 bits per heavy atom. The molecule has 27 heavy (non-hydrogen) atoms. The van der Waals surface area contributed by atoms with Gasteiger partial charge in [-0.05, 0) is 43.2 Å². The fourth-order valence-electron chi connectivity index (χ4n) is 3.42. The highest BCUT2D eigenvalue weighted by molar-refractivity contribution is 6.05. The van der Waals surface area contributed by atoms with Crippen LogP contribution in [0.5, 0.6) is 0 Å². The molecular formula is C22H18N2O3. The molecule has 1 amide bonds. The van der Waals surface area contributed by atoms with E-state index in [1.165, 1.54) is 6.07 Å². The third-order valence-corrected chi connectivity index (χ3v) is 4.72. The Labute approximate surface area is 156 Å². The summed E-state index contributed by atoms with van der Waals surface area (Å²) in [5, 5.41) is 2.68. The van der Waals surface area contributed by atoms with Gasteiger partial charge in [-0.2, -0.15) is 0 Å². The molecule has 4 rings (SSSR count). The van der Waals surface area contributed by atoms with E-state index in [9.17, 15) is 14.4 Å². The maximum atomic E-state index is 13.2. The van der Waals surface area contributed by atoms with Crippen LogP contribution >= 0.6 is 0 Å². The predicted octanol–water partition coefficient (Wildman–Crippen LogP) is 3.61. The van der Waals surface area contributed by atoms with Crippen LogP contribution in [-0.4, -0.2) is 16.3 Å². The number of anilines is 1. The first-order valence-electron chi connectivity index (χ1n) is 8.89. The molecule has 5 heteroatoms. The molecule has 0 unspecified atom stereocenters. The number of carbonyl (C=O) groups is 2. The smallest absolute Gasteiger partial charge is 0.279 e. The highest BCUT2D eigenvalue weighted by atomic mass is 16.2. The van der Waals surface area contributed by atoms with Gasteiger partial charge in [0.25, 0.3) is 11.5 Å². The third-order valence-electron chi connectivity index (χ3n) is 4.72. The standard InChI is InChI=1S/C22H18N2O3/c25-20-13-7-12-19-17(20)14-18(23-21(26)15-8-3-1-4-9-15)22(27)24(19)16-10-5-2-6-11-16/h1-6,8-11,14H,7,12-13H2,(H,23,26). The molecule has 0 radical (unpaired) electrons. The van der Waals surface area contributed by atoms with Crippen molar-refractivity contribution in [1.82, 2.24) is 4.57 Å². The number of aromatic nitrogens is 1. The van der Waals surface area contributed by atoms with E-state index in [1.807, 2.05) is 36.4 Å². The van der Waals surface area contributed by atoms with Crippen LogP contribution in [0.25, 0.3) is 5.69 Å². The Morgan fingerprint density at radius 1 is 0.889 bits per heavy atom. The van der Waals surface area contributed by atoms with Gasteiger partial charge in [-0.1, -0.05) is 36.4 Å². The summed E-state index contributed by atoms with van der Waals surface area (Å²) in [5.41, 5.74) is 2.13. The molecule has 0 spiro atoms. The number of nitrogens with one attached hydrogen (secondary N) is 1. The highest BCUT2D eigenvalue weighted by Crippen LogP contribution is 2.25. The molecule has 0 atom stereocenters. The zero-order chi connectivity index (χ0) is 18.8. The molecule has 5 nitrogen and oxygen atoms in total.